The van der Waals surface area contributed by atoms with Crippen LogP contribution in [0, 0.1) is 0 Å². The Morgan fingerprint density at radius 2 is 1.97 bits per heavy atom. The van der Waals surface area contributed by atoms with Crippen LogP contribution in [0.1, 0.15) is 29.3 Å². The van der Waals surface area contributed by atoms with Gasteiger partial charge in [0.05, 0.1) is 42.5 Å². The molecule has 8 nitrogen and oxygen atoms in total. The van der Waals surface area contributed by atoms with Crippen molar-refractivity contribution in [3.8, 4) is 0 Å². The summed E-state index contributed by atoms with van der Waals surface area (Å²) in [5.41, 5.74) is -0.743. The number of fused-ring (bicyclic) bond motifs is 1. The van der Waals surface area contributed by atoms with E-state index in [-0.39, 0.29) is 13.1 Å². The molecule has 1 amide bonds. The standard InChI is InChI=1S/C22H25F3N6O2S/c1-2-13-34-21-28-18(30-9-11-33-12-10-30)16-14-27-31(19(16)29-21)8-7-26-20(32)15-5-3-4-6-17(15)22(23,24)25/h3-6,14H,2,7-13H2,1H3,(H,26,32). The molecule has 3 aromatic rings. The van der Waals surface area contributed by atoms with Crippen molar-refractivity contribution in [3.63, 3.8) is 0 Å². The summed E-state index contributed by atoms with van der Waals surface area (Å²) in [5.74, 6) is 0.880. The van der Waals surface area contributed by atoms with Crippen molar-refractivity contribution in [2.75, 3.05) is 43.5 Å². The van der Waals surface area contributed by atoms with Crippen LogP contribution in [0.5, 0.6) is 0 Å². The molecule has 3 heterocycles. The van der Waals surface area contributed by atoms with Crippen molar-refractivity contribution in [1.29, 1.82) is 0 Å². The van der Waals surface area contributed by atoms with Gasteiger partial charge in [-0.2, -0.15) is 18.3 Å². The van der Waals surface area contributed by atoms with Crippen molar-refractivity contribution in [3.05, 3.63) is 41.6 Å². The summed E-state index contributed by atoms with van der Waals surface area (Å²) in [4.78, 5) is 24.0. The normalized spacial score (nSPS) is 14.5. The number of nitrogens with zero attached hydrogens (tertiary/aromatic N) is 5. The zero-order valence-electron chi connectivity index (χ0n) is 18.6. The number of alkyl halides is 3. The first kappa shape index (κ1) is 24.3. The first-order valence-electron chi connectivity index (χ1n) is 11.0. The van der Waals surface area contributed by atoms with E-state index in [1.54, 1.807) is 22.6 Å². The van der Waals surface area contributed by atoms with Crippen molar-refractivity contribution in [2.24, 2.45) is 0 Å². The summed E-state index contributed by atoms with van der Waals surface area (Å²) in [6.07, 6.45) is -1.94. The lowest BCUT2D eigenvalue weighted by molar-refractivity contribution is -0.137. The maximum absolute atomic E-state index is 13.2. The SMILES string of the molecule is CCCSc1nc(N2CCOCC2)c2cnn(CCNC(=O)c3ccccc3C(F)(F)F)c2n1. The molecule has 4 rings (SSSR count). The Hall–Kier alpha value is -2.86. The molecule has 12 heteroatoms. The van der Waals surface area contributed by atoms with Crippen LogP contribution in [0.25, 0.3) is 11.0 Å². The van der Waals surface area contributed by atoms with Crippen LogP contribution in [0.4, 0.5) is 19.0 Å². The number of halogens is 3. The van der Waals surface area contributed by atoms with Gasteiger partial charge in [-0.3, -0.25) is 4.79 Å². The van der Waals surface area contributed by atoms with Gasteiger partial charge in [0.2, 0.25) is 0 Å². The summed E-state index contributed by atoms with van der Waals surface area (Å²) < 4.78 is 46.8. The van der Waals surface area contributed by atoms with E-state index in [0.29, 0.717) is 37.1 Å². The largest absolute Gasteiger partial charge is 0.417 e. The first-order chi connectivity index (χ1) is 16.4. The Morgan fingerprint density at radius 1 is 1.21 bits per heavy atom. The summed E-state index contributed by atoms with van der Waals surface area (Å²) in [5, 5.41) is 8.41. The molecule has 0 saturated carbocycles. The minimum absolute atomic E-state index is 0.0934. The lowest BCUT2D eigenvalue weighted by Gasteiger charge is -2.28. The molecular formula is C22H25F3N6O2S. The molecule has 0 atom stereocenters. The number of ether oxygens (including phenoxy) is 1. The molecule has 1 aliphatic rings. The molecule has 1 saturated heterocycles. The molecule has 0 aliphatic carbocycles. The van der Waals surface area contributed by atoms with Gasteiger partial charge in [-0.15, -0.1) is 0 Å². The van der Waals surface area contributed by atoms with Crippen LogP contribution in [-0.2, 0) is 17.5 Å². The van der Waals surface area contributed by atoms with Gasteiger partial charge in [0.1, 0.15) is 5.82 Å². The van der Waals surface area contributed by atoms with Gasteiger partial charge < -0.3 is 15.0 Å². The molecule has 1 N–H and O–H groups in total. The van der Waals surface area contributed by atoms with Crippen molar-refractivity contribution < 1.29 is 22.7 Å². The number of nitrogens with one attached hydrogen (secondary N) is 1. The van der Waals surface area contributed by atoms with Crippen molar-refractivity contribution in [1.82, 2.24) is 25.1 Å². The quantitative estimate of drug-likeness (QED) is 0.378. The zero-order valence-corrected chi connectivity index (χ0v) is 19.5. The molecular weight excluding hydrogens is 469 g/mol. The zero-order chi connectivity index (χ0) is 24.1. The third kappa shape index (κ3) is 5.44. The maximum atomic E-state index is 13.2. The topological polar surface area (TPSA) is 85.2 Å². The van der Waals surface area contributed by atoms with E-state index in [1.807, 2.05) is 0 Å². The van der Waals surface area contributed by atoms with Gasteiger partial charge in [0, 0.05) is 25.4 Å². The molecule has 1 aromatic carbocycles. The van der Waals surface area contributed by atoms with E-state index >= 15 is 0 Å². The average Bonchev–Trinajstić information content (AvgIpc) is 3.25. The fourth-order valence-electron chi connectivity index (χ4n) is 3.66. The number of carbonyl (C=O) groups is 1. The Kier molecular flexibility index (Phi) is 7.57. The average molecular weight is 495 g/mol. The summed E-state index contributed by atoms with van der Waals surface area (Å²) >= 11 is 1.56. The monoisotopic (exact) mass is 494 g/mol. The van der Waals surface area contributed by atoms with Crippen LogP contribution in [0.3, 0.4) is 0 Å². The predicted molar refractivity (Wildman–Crippen MR) is 123 cm³/mol. The van der Waals surface area contributed by atoms with Gasteiger partial charge in [0.25, 0.3) is 5.91 Å². The molecule has 34 heavy (non-hydrogen) atoms. The Bertz CT molecular complexity index is 1150. The molecule has 0 spiro atoms. The first-order valence-corrected chi connectivity index (χ1v) is 12.0. The smallest absolute Gasteiger partial charge is 0.378 e. The highest BCUT2D eigenvalue weighted by Crippen LogP contribution is 2.32. The molecule has 182 valence electrons. The number of hydrogen-bond donors (Lipinski definition) is 1. The fourth-order valence-corrected chi connectivity index (χ4v) is 4.35. The van der Waals surface area contributed by atoms with Crippen LogP contribution in [0.2, 0.25) is 0 Å². The third-order valence-electron chi connectivity index (χ3n) is 5.29. The third-order valence-corrected chi connectivity index (χ3v) is 6.34. The summed E-state index contributed by atoms with van der Waals surface area (Å²) in [6, 6.07) is 4.73. The lowest BCUT2D eigenvalue weighted by atomic mass is 10.1. The number of morpholine rings is 1. The number of carbonyl (C=O) groups excluding carboxylic acids is 1. The van der Waals surface area contributed by atoms with Gasteiger partial charge in [-0.05, 0) is 18.6 Å². The Morgan fingerprint density at radius 3 is 2.71 bits per heavy atom. The minimum atomic E-state index is -4.61. The van der Waals surface area contributed by atoms with E-state index in [2.05, 4.69) is 27.2 Å². The van der Waals surface area contributed by atoms with E-state index in [9.17, 15) is 18.0 Å². The highest BCUT2D eigenvalue weighted by molar-refractivity contribution is 7.99. The predicted octanol–water partition coefficient (Wildman–Crippen LogP) is 3.61. The van der Waals surface area contributed by atoms with E-state index in [1.165, 1.54) is 18.2 Å². The fraction of sp³-hybridized carbons (Fsp3) is 0.455. The Labute approximate surface area is 198 Å². The second kappa shape index (κ2) is 10.6. The number of hydrogen-bond acceptors (Lipinski definition) is 7. The van der Waals surface area contributed by atoms with Crippen molar-refractivity contribution >= 4 is 34.5 Å². The van der Waals surface area contributed by atoms with Gasteiger partial charge in [-0.25, -0.2) is 14.6 Å². The highest BCUT2D eigenvalue weighted by atomic mass is 32.2. The molecule has 1 fully saturated rings. The number of benzene rings is 1. The maximum Gasteiger partial charge on any atom is 0.417 e. The number of thioether (sulfide) groups is 1. The Balaban J connectivity index is 1.53. The number of amides is 1. The lowest BCUT2D eigenvalue weighted by Crippen LogP contribution is -2.37. The van der Waals surface area contributed by atoms with Crippen molar-refractivity contribution in [2.45, 2.75) is 31.2 Å². The molecule has 0 bridgehead atoms. The van der Waals surface area contributed by atoms with Crippen LogP contribution in [-0.4, -0.2) is 64.3 Å². The van der Waals surface area contributed by atoms with Crippen LogP contribution < -0.4 is 10.2 Å². The number of aromatic nitrogens is 4. The van der Waals surface area contributed by atoms with Gasteiger partial charge >= 0.3 is 6.18 Å². The van der Waals surface area contributed by atoms with E-state index in [4.69, 9.17) is 9.72 Å². The summed E-state index contributed by atoms with van der Waals surface area (Å²) in [6.45, 7) is 5.08. The second-order valence-electron chi connectivity index (χ2n) is 7.68. The molecule has 1 aliphatic heterocycles. The second-order valence-corrected chi connectivity index (χ2v) is 8.74. The van der Waals surface area contributed by atoms with Crippen LogP contribution in [0.15, 0.2) is 35.6 Å². The highest BCUT2D eigenvalue weighted by Gasteiger charge is 2.34. The minimum Gasteiger partial charge on any atom is -0.378 e. The van der Waals surface area contributed by atoms with E-state index < -0.39 is 23.2 Å². The molecule has 0 radical (unpaired) electrons. The summed E-state index contributed by atoms with van der Waals surface area (Å²) in [7, 11) is 0. The van der Waals surface area contributed by atoms with E-state index in [0.717, 1.165) is 29.4 Å². The van der Waals surface area contributed by atoms with Gasteiger partial charge in [-0.1, -0.05) is 30.8 Å². The number of rotatable bonds is 8. The molecule has 2 aromatic heterocycles. The van der Waals surface area contributed by atoms with Crippen LogP contribution >= 0.6 is 11.8 Å². The van der Waals surface area contributed by atoms with Gasteiger partial charge in [0.15, 0.2) is 10.8 Å². The number of anilines is 1. The molecule has 0 unspecified atom stereocenters.